The van der Waals surface area contributed by atoms with E-state index in [1.165, 1.54) is 16.2 Å². The Morgan fingerprint density at radius 1 is 0.905 bits per heavy atom. The summed E-state index contributed by atoms with van der Waals surface area (Å²) < 4.78 is 0. The van der Waals surface area contributed by atoms with Crippen molar-refractivity contribution in [1.82, 2.24) is 15.7 Å². The third-order valence-electron chi connectivity index (χ3n) is 3.64. The Kier molecular flexibility index (Phi) is 2.90. The van der Waals surface area contributed by atoms with E-state index in [9.17, 15) is 0 Å². The summed E-state index contributed by atoms with van der Waals surface area (Å²) >= 11 is 0. The topological polar surface area (TPSA) is 49.3 Å². The third kappa shape index (κ3) is 2.17. The quantitative estimate of drug-likeness (QED) is 0.695. The van der Waals surface area contributed by atoms with Crippen LogP contribution < -0.4 is 16.2 Å². The molecule has 1 aromatic heterocycles. The van der Waals surface area contributed by atoms with Crippen LogP contribution in [0.15, 0.2) is 71.9 Å². The number of benzene rings is 2. The van der Waals surface area contributed by atoms with Crippen LogP contribution in [0.2, 0.25) is 0 Å². The lowest BCUT2D eigenvalue weighted by atomic mass is 9.68. The standard InChI is InChI=1S/C16H13BN4/c1-2-8-14-12(5-1)6-3-9-15(14)17-19-16(20-21-17)13-7-4-10-18-11-13/h1-11,21H,(H,19,20). The average molecular weight is 272 g/mol. The lowest BCUT2D eigenvalue weighted by molar-refractivity contribution is 0.920. The number of nitrogens with zero attached hydrogens (tertiary/aromatic N) is 2. The van der Waals surface area contributed by atoms with Gasteiger partial charge in [-0.1, -0.05) is 42.5 Å². The Hall–Kier alpha value is -2.66. The van der Waals surface area contributed by atoms with E-state index in [0.29, 0.717) is 0 Å². The molecule has 0 unspecified atom stereocenters. The smallest absolute Gasteiger partial charge is 0.315 e. The van der Waals surface area contributed by atoms with E-state index < -0.39 is 0 Å². The Morgan fingerprint density at radius 3 is 2.71 bits per heavy atom. The van der Waals surface area contributed by atoms with Crippen molar-refractivity contribution in [2.24, 2.45) is 4.90 Å². The number of nitrogens with one attached hydrogen (secondary N) is 2. The van der Waals surface area contributed by atoms with Gasteiger partial charge in [0.05, 0.1) is 0 Å². The van der Waals surface area contributed by atoms with Gasteiger partial charge in [0.1, 0.15) is 5.84 Å². The van der Waals surface area contributed by atoms with Crippen molar-refractivity contribution in [3.8, 4) is 0 Å². The molecule has 0 bridgehead atoms. The zero-order valence-corrected chi connectivity index (χ0v) is 11.3. The second kappa shape index (κ2) is 5.03. The third-order valence-corrected chi connectivity index (χ3v) is 3.64. The lowest BCUT2D eigenvalue weighted by Gasteiger charge is -2.07. The van der Waals surface area contributed by atoms with E-state index in [-0.39, 0.29) is 6.98 Å². The second-order valence-electron chi connectivity index (χ2n) is 4.96. The van der Waals surface area contributed by atoms with Gasteiger partial charge in [-0.15, -0.1) is 0 Å². The Labute approximate surface area is 123 Å². The lowest BCUT2D eigenvalue weighted by Crippen LogP contribution is -2.45. The summed E-state index contributed by atoms with van der Waals surface area (Å²) in [6.07, 6.45) is 3.56. The molecule has 1 aliphatic rings. The fraction of sp³-hybridized carbons (Fsp3) is 0. The van der Waals surface area contributed by atoms with Crippen molar-refractivity contribution in [2.45, 2.75) is 0 Å². The number of aromatic nitrogens is 1. The van der Waals surface area contributed by atoms with Gasteiger partial charge in [0.15, 0.2) is 0 Å². The van der Waals surface area contributed by atoms with Gasteiger partial charge in [-0.3, -0.25) is 9.89 Å². The molecule has 0 amide bonds. The highest BCUT2D eigenvalue weighted by Crippen LogP contribution is 2.12. The van der Waals surface area contributed by atoms with E-state index >= 15 is 0 Å². The molecule has 5 heteroatoms. The Balaban J connectivity index is 1.76. The predicted molar refractivity (Wildman–Crippen MR) is 86.4 cm³/mol. The highest BCUT2D eigenvalue weighted by molar-refractivity contribution is 6.74. The number of hydrazine groups is 1. The van der Waals surface area contributed by atoms with Crippen LogP contribution in [0.4, 0.5) is 0 Å². The molecular weight excluding hydrogens is 259 g/mol. The molecular formula is C16H13BN4. The maximum Gasteiger partial charge on any atom is 0.415 e. The first kappa shape index (κ1) is 12.1. The number of fused-ring (bicyclic) bond motifs is 1. The van der Waals surface area contributed by atoms with Crippen LogP contribution in [-0.2, 0) is 0 Å². The molecule has 0 radical (unpaired) electrons. The zero-order valence-electron chi connectivity index (χ0n) is 11.3. The van der Waals surface area contributed by atoms with E-state index in [2.05, 4.69) is 58.2 Å². The van der Waals surface area contributed by atoms with Crippen molar-refractivity contribution < 1.29 is 0 Å². The fourth-order valence-electron chi connectivity index (χ4n) is 2.62. The molecule has 2 N–H and O–H groups in total. The normalized spacial score (nSPS) is 14.1. The van der Waals surface area contributed by atoms with Crippen molar-refractivity contribution in [3.63, 3.8) is 0 Å². The minimum atomic E-state index is -0.0914. The second-order valence-corrected chi connectivity index (χ2v) is 4.96. The van der Waals surface area contributed by atoms with Crippen LogP contribution >= 0.6 is 0 Å². The molecule has 3 aromatic rings. The van der Waals surface area contributed by atoms with Crippen molar-refractivity contribution in [2.75, 3.05) is 0 Å². The fourth-order valence-corrected chi connectivity index (χ4v) is 2.62. The van der Waals surface area contributed by atoms with E-state index in [1.54, 1.807) is 12.4 Å². The molecule has 0 fully saturated rings. The molecule has 1 aliphatic heterocycles. The Bertz CT molecular complexity index is 811. The first-order valence-corrected chi connectivity index (χ1v) is 6.89. The molecule has 0 spiro atoms. The molecule has 4 rings (SSSR count). The minimum absolute atomic E-state index is 0.0914. The molecule has 0 saturated carbocycles. The van der Waals surface area contributed by atoms with Gasteiger partial charge >= 0.3 is 6.98 Å². The van der Waals surface area contributed by atoms with Gasteiger partial charge in [0.25, 0.3) is 0 Å². The minimum Gasteiger partial charge on any atom is -0.315 e. The molecule has 0 saturated heterocycles. The SMILES string of the molecule is c1cncc(C2=NB(c3cccc4ccccc34)NN2)c1. The number of hydrogen-bond donors (Lipinski definition) is 2. The summed E-state index contributed by atoms with van der Waals surface area (Å²) in [7, 11) is 0. The largest absolute Gasteiger partial charge is 0.415 e. The van der Waals surface area contributed by atoms with Gasteiger partial charge in [0.2, 0.25) is 0 Å². The van der Waals surface area contributed by atoms with Crippen LogP contribution in [0.5, 0.6) is 0 Å². The van der Waals surface area contributed by atoms with Gasteiger partial charge in [-0.05, 0) is 28.4 Å². The number of pyridine rings is 1. The summed E-state index contributed by atoms with van der Waals surface area (Å²) in [4.78, 5) is 8.86. The first-order chi connectivity index (χ1) is 10.4. The maximum atomic E-state index is 4.73. The Morgan fingerprint density at radius 2 is 1.81 bits per heavy atom. The number of hydrogen-bond acceptors (Lipinski definition) is 4. The number of amidine groups is 1. The molecule has 4 nitrogen and oxygen atoms in total. The van der Waals surface area contributed by atoms with Crippen LogP contribution in [-0.4, -0.2) is 17.8 Å². The highest BCUT2D eigenvalue weighted by Gasteiger charge is 2.25. The molecule has 21 heavy (non-hydrogen) atoms. The van der Waals surface area contributed by atoms with Crippen molar-refractivity contribution in [3.05, 3.63) is 72.6 Å². The van der Waals surface area contributed by atoms with Crippen LogP contribution in [0.25, 0.3) is 10.8 Å². The summed E-state index contributed by atoms with van der Waals surface area (Å²) in [5.74, 6) is 0.820. The van der Waals surface area contributed by atoms with Gasteiger partial charge in [-0.25, -0.2) is 5.34 Å². The summed E-state index contributed by atoms with van der Waals surface area (Å²) in [5.41, 5.74) is 5.29. The van der Waals surface area contributed by atoms with Crippen molar-refractivity contribution >= 4 is 29.1 Å². The zero-order chi connectivity index (χ0) is 14.1. The van der Waals surface area contributed by atoms with Crippen LogP contribution in [0.3, 0.4) is 0 Å². The summed E-state index contributed by atoms with van der Waals surface area (Å²) in [5, 5.41) is 5.67. The van der Waals surface area contributed by atoms with Crippen LogP contribution in [0.1, 0.15) is 5.56 Å². The number of rotatable bonds is 2. The van der Waals surface area contributed by atoms with E-state index in [0.717, 1.165) is 11.4 Å². The monoisotopic (exact) mass is 272 g/mol. The molecule has 100 valence electrons. The van der Waals surface area contributed by atoms with Gasteiger partial charge in [0, 0.05) is 18.0 Å². The maximum absolute atomic E-state index is 4.73. The highest BCUT2D eigenvalue weighted by atomic mass is 15.4. The summed E-state index contributed by atoms with van der Waals surface area (Å²) in [6, 6.07) is 18.5. The van der Waals surface area contributed by atoms with E-state index in [1.807, 2.05) is 12.1 Å². The van der Waals surface area contributed by atoms with Gasteiger partial charge < -0.3 is 5.43 Å². The molecule has 2 heterocycles. The summed E-state index contributed by atoms with van der Waals surface area (Å²) in [6.45, 7) is -0.0914. The molecule has 2 aromatic carbocycles. The van der Waals surface area contributed by atoms with Crippen LogP contribution in [0, 0.1) is 0 Å². The van der Waals surface area contributed by atoms with E-state index in [4.69, 9.17) is 4.90 Å². The molecule has 0 aliphatic carbocycles. The molecule has 0 atom stereocenters. The first-order valence-electron chi connectivity index (χ1n) is 6.89. The average Bonchev–Trinajstić information content (AvgIpc) is 3.05. The predicted octanol–water partition coefficient (Wildman–Crippen LogP) is 1.48. The van der Waals surface area contributed by atoms with Crippen molar-refractivity contribution in [1.29, 1.82) is 0 Å². The van der Waals surface area contributed by atoms with Gasteiger partial charge in [-0.2, -0.15) is 0 Å².